The largest absolute Gasteiger partial charge is 0.493 e. The normalized spacial score (nSPS) is 16.1. The van der Waals surface area contributed by atoms with Crippen molar-refractivity contribution in [3.8, 4) is 5.75 Å². The molecule has 1 aromatic rings. The van der Waals surface area contributed by atoms with Crippen LogP contribution in [0.1, 0.15) is 17.5 Å². The molecule has 3 nitrogen and oxygen atoms in total. The lowest BCUT2D eigenvalue weighted by atomic mass is 10.1. The lowest BCUT2D eigenvalue weighted by Crippen LogP contribution is -2.37. The quantitative estimate of drug-likeness (QED) is 0.564. The Balaban J connectivity index is 1.76. The number of rotatable bonds is 7. The van der Waals surface area contributed by atoms with Crippen LogP contribution < -0.4 is 4.74 Å². The fourth-order valence-electron chi connectivity index (χ4n) is 2.46. The summed E-state index contributed by atoms with van der Waals surface area (Å²) in [5.74, 6) is 0.998. The Morgan fingerprint density at radius 2 is 2.15 bits per heavy atom. The van der Waals surface area contributed by atoms with E-state index in [1.165, 1.54) is 11.1 Å². The van der Waals surface area contributed by atoms with Gasteiger partial charge in [0.15, 0.2) is 0 Å². The fraction of sp³-hybridized carbons (Fsp3) is 0.529. The number of benzene rings is 1. The molecule has 0 spiro atoms. The molecule has 1 aliphatic heterocycles. The zero-order chi connectivity index (χ0) is 14.2. The van der Waals surface area contributed by atoms with E-state index in [4.69, 9.17) is 9.47 Å². The lowest BCUT2D eigenvalue weighted by Gasteiger charge is -2.26. The van der Waals surface area contributed by atoms with Crippen LogP contribution in [-0.2, 0) is 11.2 Å². The van der Waals surface area contributed by atoms with Crippen molar-refractivity contribution in [2.45, 2.75) is 19.8 Å². The van der Waals surface area contributed by atoms with Gasteiger partial charge in [0.05, 0.1) is 19.8 Å². The van der Waals surface area contributed by atoms with Crippen molar-refractivity contribution in [1.29, 1.82) is 0 Å². The molecule has 0 atom stereocenters. The zero-order valence-electron chi connectivity index (χ0n) is 12.4. The van der Waals surface area contributed by atoms with Gasteiger partial charge in [-0.25, -0.2) is 0 Å². The third-order valence-corrected chi connectivity index (χ3v) is 3.56. The van der Waals surface area contributed by atoms with E-state index in [2.05, 4.69) is 36.6 Å². The number of ether oxygens (including phenoxy) is 2. The van der Waals surface area contributed by atoms with Gasteiger partial charge in [-0.05, 0) is 31.4 Å². The van der Waals surface area contributed by atoms with E-state index >= 15 is 0 Å². The molecule has 0 saturated carbocycles. The van der Waals surface area contributed by atoms with E-state index in [0.29, 0.717) is 0 Å². The molecule has 1 aliphatic rings. The van der Waals surface area contributed by atoms with Gasteiger partial charge in [0, 0.05) is 19.6 Å². The minimum Gasteiger partial charge on any atom is -0.493 e. The summed E-state index contributed by atoms with van der Waals surface area (Å²) in [6, 6.07) is 6.35. The third-order valence-electron chi connectivity index (χ3n) is 3.56. The molecule has 1 heterocycles. The van der Waals surface area contributed by atoms with Crippen LogP contribution in [0.15, 0.2) is 30.9 Å². The lowest BCUT2D eigenvalue weighted by molar-refractivity contribution is 0.0358. The molecule has 1 aromatic carbocycles. The monoisotopic (exact) mass is 275 g/mol. The first-order valence-corrected chi connectivity index (χ1v) is 7.43. The summed E-state index contributed by atoms with van der Waals surface area (Å²) >= 11 is 0. The molecule has 1 saturated heterocycles. The summed E-state index contributed by atoms with van der Waals surface area (Å²) in [4.78, 5) is 2.44. The second-order valence-electron chi connectivity index (χ2n) is 5.26. The molecule has 0 bridgehead atoms. The number of hydrogen-bond donors (Lipinski definition) is 0. The molecule has 1 fully saturated rings. The highest BCUT2D eigenvalue weighted by molar-refractivity contribution is 5.38. The number of allylic oxidation sites excluding steroid dienone is 1. The topological polar surface area (TPSA) is 21.7 Å². The maximum atomic E-state index is 5.93. The summed E-state index contributed by atoms with van der Waals surface area (Å²) in [7, 11) is 0. The van der Waals surface area contributed by atoms with Gasteiger partial charge in [0.2, 0.25) is 0 Å². The third kappa shape index (κ3) is 4.66. The Morgan fingerprint density at radius 3 is 2.90 bits per heavy atom. The van der Waals surface area contributed by atoms with Crippen LogP contribution in [0, 0.1) is 6.92 Å². The molecule has 0 N–H and O–H groups in total. The van der Waals surface area contributed by atoms with Gasteiger partial charge in [0.25, 0.3) is 0 Å². The van der Waals surface area contributed by atoms with Crippen LogP contribution >= 0.6 is 0 Å². The van der Waals surface area contributed by atoms with E-state index in [1.807, 2.05) is 6.08 Å². The van der Waals surface area contributed by atoms with Crippen LogP contribution in [0.5, 0.6) is 5.75 Å². The van der Waals surface area contributed by atoms with E-state index in [9.17, 15) is 0 Å². The van der Waals surface area contributed by atoms with Crippen LogP contribution in [0.2, 0.25) is 0 Å². The Labute approximate surface area is 122 Å². The molecular formula is C17H25NO2. The average Bonchev–Trinajstić information content (AvgIpc) is 2.47. The second-order valence-corrected chi connectivity index (χ2v) is 5.26. The van der Waals surface area contributed by atoms with Gasteiger partial charge in [-0.3, -0.25) is 4.90 Å². The minimum absolute atomic E-state index is 0.768. The van der Waals surface area contributed by atoms with Crippen molar-refractivity contribution in [2.75, 3.05) is 39.5 Å². The van der Waals surface area contributed by atoms with Crippen LogP contribution in [0.3, 0.4) is 0 Å². The standard InChI is InChI=1S/C17H25NO2/c1-3-5-16-14-15(2)6-7-17(16)20-11-4-8-18-9-12-19-13-10-18/h3,6-7,14H,1,4-5,8-13H2,2H3. The highest BCUT2D eigenvalue weighted by atomic mass is 16.5. The Kier molecular flexibility index (Phi) is 6.09. The van der Waals surface area contributed by atoms with Gasteiger partial charge in [-0.15, -0.1) is 6.58 Å². The summed E-state index contributed by atoms with van der Waals surface area (Å²) in [6.07, 6.45) is 3.84. The van der Waals surface area contributed by atoms with Crippen molar-refractivity contribution in [2.24, 2.45) is 0 Å². The summed E-state index contributed by atoms with van der Waals surface area (Å²) in [6.45, 7) is 11.6. The average molecular weight is 275 g/mol. The molecule has 0 aliphatic carbocycles. The first kappa shape index (κ1) is 15.1. The smallest absolute Gasteiger partial charge is 0.122 e. The minimum atomic E-state index is 0.768. The number of nitrogens with zero attached hydrogens (tertiary/aromatic N) is 1. The number of morpholine rings is 1. The first-order valence-electron chi connectivity index (χ1n) is 7.43. The SMILES string of the molecule is C=CCc1cc(C)ccc1OCCCN1CCOCC1. The van der Waals surface area contributed by atoms with E-state index in [0.717, 1.165) is 58.0 Å². The van der Waals surface area contributed by atoms with Crippen molar-refractivity contribution >= 4 is 0 Å². The summed E-state index contributed by atoms with van der Waals surface area (Å²) in [5.41, 5.74) is 2.49. The van der Waals surface area contributed by atoms with Crippen LogP contribution in [0.25, 0.3) is 0 Å². The number of aryl methyl sites for hydroxylation is 1. The second kappa shape index (κ2) is 8.08. The molecular weight excluding hydrogens is 250 g/mol. The van der Waals surface area contributed by atoms with Crippen molar-refractivity contribution < 1.29 is 9.47 Å². The molecule has 0 radical (unpaired) electrons. The molecule has 110 valence electrons. The molecule has 3 heteroatoms. The summed E-state index contributed by atoms with van der Waals surface area (Å²) < 4.78 is 11.3. The van der Waals surface area contributed by atoms with Gasteiger partial charge in [-0.2, -0.15) is 0 Å². The fourth-order valence-corrected chi connectivity index (χ4v) is 2.46. The van der Waals surface area contributed by atoms with Crippen molar-refractivity contribution in [1.82, 2.24) is 4.90 Å². The van der Waals surface area contributed by atoms with Crippen molar-refractivity contribution in [3.05, 3.63) is 42.0 Å². The first-order chi connectivity index (χ1) is 9.79. The van der Waals surface area contributed by atoms with Crippen LogP contribution in [-0.4, -0.2) is 44.4 Å². The maximum Gasteiger partial charge on any atom is 0.122 e. The Morgan fingerprint density at radius 1 is 1.35 bits per heavy atom. The van der Waals surface area contributed by atoms with Gasteiger partial charge >= 0.3 is 0 Å². The highest BCUT2D eigenvalue weighted by Gasteiger charge is 2.09. The number of hydrogen-bond acceptors (Lipinski definition) is 3. The van der Waals surface area contributed by atoms with Gasteiger partial charge < -0.3 is 9.47 Å². The summed E-state index contributed by atoms with van der Waals surface area (Å²) in [5, 5.41) is 0. The van der Waals surface area contributed by atoms with E-state index in [-0.39, 0.29) is 0 Å². The van der Waals surface area contributed by atoms with E-state index < -0.39 is 0 Å². The maximum absolute atomic E-state index is 5.93. The van der Waals surface area contributed by atoms with Crippen LogP contribution in [0.4, 0.5) is 0 Å². The predicted molar refractivity (Wildman–Crippen MR) is 82.5 cm³/mol. The molecule has 0 unspecified atom stereocenters. The predicted octanol–water partition coefficient (Wildman–Crippen LogP) is 2.82. The molecule has 2 rings (SSSR count). The highest BCUT2D eigenvalue weighted by Crippen LogP contribution is 2.21. The van der Waals surface area contributed by atoms with Crippen molar-refractivity contribution in [3.63, 3.8) is 0 Å². The zero-order valence-corrected chi connectivity index (χ0v) is 12.4. The molecule has 20 heavy (non-hydrogen) atoms. The Bertz CT molecular complexity index is 425. The van der Waals surface area contributed by atoms with Gasteiger partial charge in [-0.1, -0.05) is 23.8 Å². The Hall–Kier alpha value is -1.32. The molecule has 0 amide bonds. The van der Waals surface area contributed by atoms with Gasteiger partial charge in [0.1, 0.15) is 5.75 Å². The van der Waals surface area contributed by atoms with E-state index in [1.54, 1.807) is 0 Å². The molecule has 0 aromatic heterocycles.